The van der Waals surface area contributed by atoms with Gasteiger partial charge in [-0.25, -0.2) is 4.98 Å². The maximum atomic E-state index is 11.9. The number of rotatable bonds is 4. The third kappa shape index (κ3) is 3.57. The van der Waals surface area contributed by atoms with Crippen LogP contribution in [0.25, 0.3) is 0 Å². The van der Waals surface area contributed by atoms with E-state index >= 15 is 0 Å². The van der Waals surface area contributed by atoms with Gasteiger partial charge in [-0.05, 0) is 0 Å². The van der Waals surface area contributed by atoms with Gasteiger partial charge in [-0.2, -0.15) is 0 Å². The summed E-state index contributed by atoms with van der Waals surface area (Å²) in [6.07, 6.45) is 0.441. The number of methoxy groups -OCH3 is 1. The smallest absolute Gasteiger partial charge is 0.311 e. The molecule has 1 aromatic heterocycles. The van der Waals surface area contributed by atoms with Crippen molar-refractivity contribution in [3.63, 3.8) is 0 Å². The summed E-state index contributed by atoms with van der Waals surface area (Å²) in [6, 6.07) is 0. The fourth-order valence-corrected chi connectivity index (χ4v) is 3.66. The van der Waals surface area contributed by atoms with Gasteiger partial charge < -0.3 is 4.74 Å². The van der Waals surface area contributed by atoms with Crippen LogP contribution in [-0.4, -0.2) is 40.9 Å². The molecular weight excluding hydrogens is 300 g/mol. The van der Waals surface area contributed by atoms with Gasteiger partial charge in [0, 0.05) is 30.5 Å². The number of hydrogen-bond acceptors (Lipinski definition) is 7. The van der Waals surface area contributed by atoms with E-state index < -0.39 is 0 Å². The van der Waals surface area contributed by atoms with Gasteiger partial charge in [0.25, 0.3) is 0 Å². The number of hydrogen-bond donors (Lipinski definition) is 0. The minimum Gasteiger partial charge on any atom is -0.469 e. The average Bonchev–Trinajstić information content (AvgIpc) is 2.95. The highest BCUT2D eigenvalue weighted by Crippen LogP contribution is 2.30. The number of thioether (sulfide) groups is 1. The molecule has 1 amide bonds. The van der Waals surface area contributed by atoms with E-state index in [0.717, 1.165) is 0 Å². The van der Waals surface area contributed by atoms with Crippen LogP contribution in [0, 0.1) is 0 Å². The van der Waals surface area contributed by atoms with E-state index in [-0.39, 0.29) is 28.7 Å². The molecule has 0 aromatic carbocycles. The average molecular weight is 314 g/mol. The quantitative estimate of drug-likeness (QED) is 0.778. The number of amides is 1. The Hall–Kier alpha value is -1.41. The molecule has 0 saturated carbocycles. The van der Waals surface area contributed by atoms with E-state index in [9.17, 15) is 14.4 Å². The highest BCUT2D eigenvalue weighted by atomic mass is 32.2. The second kappa shape index (κ2) is 6.36. The predicted molar refractivity (Wildman–Crippen MR) is 76.9 cm³/mol. The molecule has 8 heteroatoms. The van der Waals surface area contributed by atoms with Crippen molar-refractivity contribution in [3.05, 3.63) is 11.1 Å². The van der Waals surface area contributed by atoms with Crippen molar-refractivity contribution in [1.29, 1.82) is 0 Å². The van der Waals surface area contributed by atoms with Crippen LogP contribution in [-0.2, 0) is 25.5 Å². The van der Waals surface area contributed by atoms with Crippen LogP contribution < -0.4 is 4.90 Å². The molecule has 0 radical (unpaired) electrons. The summed E-state index contributed by atoms with van der Waals surface area (Å²) in [5.74, 6) is -0.401. The van der Waals surface area contributed by atoms with Gasteiger partial charge in [0.2, 0.25) is 5.91 Å². The maximum Gasteiger partial charge on any atom is 0.311 e. The molecule has 0 bridgehead atoms. The van der Waals surface area contributed by atoms with Crippen LogP contribution in [0.4, 0.5) is 5.13 Å². The fraction of sp³-hybridized carbons (Fsp3) is 0.500. The lowest BCUT2D eigenvalue weighted by atomic mass is 10.3. The zero-order chi connectivity index (χ0) is 14.7. The maximum absolute atomic E-state index is 11.9. The van der Waals surface area contributed by atoms with Gasteiger partial charge in [-0.1, -0.05) is 11.8 Å². The third-order valence-electron chi connectivity index (χ3n) is 2.75. The first-order valence-electron chi connectivity index (χ1n) is 5.98. The largest absolute Gasteiger partial charge is 0.469 e. The van der Waals surface area contributed by atoms with Crippen molar-refractivity contribution in [2.24, 2.45) is 0 Å². The molecule has 1 aliphatic rings. The fourth-order valence-electron chi connectivity index (χ4n) is 1.89. The lowest BCUT2D eigenvalue weighted by molar-refractivity contribution is -0.139. The van der Waals surface area contributed by atoms with Crippen molar-refractivity contribution < 1.29 is 19.1 Å². The molecule has 2 heterocycles. The van der Waals surface area contributed by atoms with Crippen LogP contribution in [0.15, 0.2) is 5.38 Å². The van der Waals surface area contributed by atoms with Crippen LogP contribution in [0.2, 0.25) is 0 Å². The first-order valence-corrected chi connectivity index (χ1v) is 7.74. The second-order valence-electron chi connectivity index (χ2n) is 4.31. The number of carbonyl (C=O) groups excluding carboxylic acids is 3. The van der Waals surface area contributed by atoms with Gasteiger partial charge in [-0.15, -0.1) is 11.3 Å². The summed E-state index contributed by atoms with van der Waals surface area (Å²) in [7, 11) is 1.32. The minimum atomic E-state index is -0.361. The summed E-state index contributed by atoms with van der Waals surface area (Å²) < 4.78 is 4.58. The van der Waals surface area contributed by atoms with Crippen molar-refractivity contribution in [1.82, 2.24) is 4.98 Å². The first-order chi connectivity index (χ1) is 9.49. The van der Waals surface area contributed by atoms with Crippen molar-refractivity contribution >= 4 is 45.2 Å². The molecule has 1 unspecified atom stereocenters. The van der Waals surface area contributed by atoms with E-state index in [1.54, 1.807) is 10.3 Å². The van der Waals surface area contributed by atoms with E-state index in [1.807, 2.05) is 0 Å². The molecule has 1 saturated heterocycles. The Labute approximate surface area is 124 Å². The van der Waals surface area contributed by atoms with Gasteiger partial charge >= 0.3 is 5.97 Å². The third-order valence-corrected chi connectivity index (χ3v) is 4.64. The summed E-state index contributed by atoms with van der Waals surface area (Å²) in [5.41, 5.74) is 0.590. The number of ether oxygens (including phenoxy) is 1. The molecule has 2 rings (SSSR count). The standard InChI is InChI=1S/C12H14N2O4S2/c1-7(15)20-9-4-10(16)14(5-9)12-13-8(6-19-12)3-11(17)18-2/h6,9H,3-5H2,1-2H3. The second-order valence-corrected chi connectivity index (χ2v) is 6.63. The molecule has 1 fully saturated rings. The highest BCUT2D eigenvalue weighted by molar-refractivity contribution is 8.14. The van der Waals surface area contributed by atoms with Crippen LogP contribution in [0.5, 0.6) is 0 Å². The van der Waals surface area contributed by atoms with Crippen molar-refractivity contribution in [2.45, 2.75) is 25.0 Å². The number of aromatic nitrogens is 1. The highest BCUT2D eigenvalue weighted by Gasteiger charge is 2.33. The van der Waals surface area contributed by atoms with Crippen molar-refractivity contribution in [2.75, 3.05) is 18.6 Å². The zero-order valence-corrected chi connectivity index (χ0v) is 12.8. The summed E-state index contributed by atoms with van der Waals surface area (Å²) in [4.78, 5) is 40.0. The monoisotopic (exact) mass is 314 g/mol. The van der Waals surface area contributed by atoms with Gasteiger partial charge in [0.1, 0.15) is 0 Å². The Balaban J connectivity index is 2.03. The number of anilines is 1. The summed E-state index contributed by atoms with van der Waals surface area (Å²) >= 11 is 2.50. The van der Waals surface area contributed by atoms with Crippen LogP contribution in [0.1, 0.15) is 19.0 Å². The van der Waals surface area contributed by atoms with Crippen molar-refractivity contribution in [3.8, 4) is 0 Å². The minimum absolute atomic E-state index is 0.00942. The molecule has 1 atom stereocenters. The number of carbonyl (C=O) groups is 3. The summed E-state index contributed by atoms with van der Waals surface area (Å²) in [5, 5.41) is 2.30. The SMILES string of the molecule is COC(=O)Cc1csc(N2CC(SC(C)=O)CC2=O)n1. The molecule has 108 valence electrons. The number of nitrogens with zero attached hydrogens (tertiary/aromatic N) is 2. The molecule has 6 nitrogen and oxygen atoms in total. The Morgan fingerprint density at radius 3 is 3.00 bits per heavy atom. The Morgan fingerprint density at radius 1 is 1.60 bits per heavy atom. The Morgan fingerprint density at radius 2 is 2.35 bits per heavy atom. The molecule has 1 aliphatic heterocycles. The van der Waals surface area contributed by atoms with Gasteiger partial charge in [0.15, 0.2) is 10.2 Å². The molecule has 0 N–H and O–H groups in total. The number of thiazole rings is 1. The molecular formula is C12H14N2O4S2. The topological polar surface area (TPSA) is 76.6 Å². The normalized spacial score (nSPS) is 18.4. The lowest BCUT2D eigenvalue weighted by Crippen LogP contribution is -2.24. The van der Waals surface area contributed by atoms with Gasteiger partial charge in [-0.3, -0.25) is 19.3 Å². The van der Waals surface area contributed by atoms with Crippen LogP contribution >= 0.6 is 23.1 Å². The van der Waals surface area contributed by atoms with E-state index in [2.05, 4.69) is 9.72 Å². The summed E-state index contributed by atoms with van der Waals surface area (Å²) in [6.45, 7) is 1.98. The lowest BCUT2D eigenvalue weighted by Gasteiger charge is -2.11. The molecule has 0 aliphatic carbocycles. The van der Waals surface area contributed by atoms with E-state index in [4.69, 9.17) is 0 Å². The van der Waals surface area contributed by atoms with E-state index in [0.29, 0.717) is 23.8 Å². The Kier molecular flexibility index (Phi) is 4.77. The number of esters is 1. The first kappa shape index (κ1) is 15.0. The van der Waals surface area contributed by atoms with Crippen LogP contribution in [0.3, 0.4) is 0 Å². The Bertz CT molecular complexity index is 543. The zero-order valence-electron chi connectivity index (χ0n) is 11.1. The van der Waals surface area contributed by atoms with E-state index in [1.165, 1.54) is 37.1 Å². The molecule has 20 heavy (non-hydrogen) atoms. The molecule has 1 aromatic rings. The van der Waals surface area contributed by atoms with Gasteiger partial charge in [0.05, 0.1) is 19.2 Å². The molecule has 0 spiro atoms. The predicted octanol–water partition coefficient (Wildman–Crippen LogP) is 1.24.